The first kappa shape index (κ1) is 21.2. The molecule has 1 unspecified atom stereocenters. The number of thiazole rings is 1. The number of halogens is 3. The fourth-order valence-electron chi connectivity index (χ4n) is 2.18. The molecule has 0 aliphatic rings. The third-order valence-electron chi connectivity index (χ3n) is 3.60. The summed E-state index contributed by atoms with van der Waals surface area (Å²) in [4.78, 5) is 7.65. The van der Waals surface area contributed by atoms with Gasteiger partial charge in [0, 0.05) is 19.0 Å². The fourth-order valence-corrected chi connectivity index (χ4v) is 2.92. The first-order chi connectivity index (χ1) is 12.9. The summed E-state index contributed by atoms with van der Waals surface area (Å²) in [5, 5.41) is 7.47. The van der Waals surface area contributed by atoms with Crippen molar-refractivity contribution in [1.82, 2.24) is 15.6 Å². The summed E-state index contributed by atoms with van der Waals surface area (Å²) in [5.74, 6) is 0.748. The van der Waals surface area contributed by atoms with Crippen LogP contribution in [0.25, 0.3) is 0 Å². The van der Waals surface area contributed by atoms with Crippen molar-refractivity contribution in [3.63, 3.8) is 0 Å². The van der Waals surface area contributed by atoms with Gasteiger partial charge in [0.05, 0.1) is 19.8 Å². The molecule has 148 valence electrons. The number of rotatable bonds is 8. The molecular formula is C18H23F3N4OS. The Bertz CT molecular complexity index is 719. The van der Waals surface area contributed by atoms with Gasteiger partial charge in [-0.2, -0.15) is 13.2 Å². The maximum atomic E-state index is 12.6. The first-order valence-electron chi connectivity index (χ1n) is 8.46. The zero-order chi connectivity index (χ0) is 19.7. The molecule has 1 aromatic heterocycles. The summed E-state index contributed by atoms with van der Waals surface area (Å²) in [5.41, 5.74) is 0.258. The second kappa shape index (κ2) is 10.3. The minimum absolute atomic E-state index is 0.180. The van der Waals surface area contributed by atoms with E-state index in [9.17, 15) is 13.2 Å². The molecule has 0 spiro atoms. The molecule has 0 radical (unpaired) electrons. The van der Waals surface area contributed by atoms with Gasteiger partial charge in [-0.1, -0.05) is 37.3 Å². The molecule has 1 aromatic carbocycles. The highest BCUT2D eigenvalue weighted by molar-refractivity contribution is 7.09. The molecule has 2 rings (SSSR count). The minimum Gasteiger partial charge on any atom is -0.376 e. The second-order valence-electron chi connectivity index (χ2n) is 6.04. The number of aliphatic imine (C=N–C) groups is 1. The summed E-state index contributed by atoms with van der Waals surface area (Å²) >= 11 is 0.966. The van der Waals surface area contributed by atoms with Crippen molar-refractivity contribution in [2.75, 3.05) is 20.2 Å². The van der Waals surface area contributed by atoms with E-state index in [4.69, 9.17) is 4.74 Å². The largest absolute Gasteiger partial charge is 0.434 e. The minimum atomic E-state index is -4.41. The Kier molecular flexibility index (Phi) is 8.05. The van der Waals surface area contributed by atoms with Crippen LogP contribution in [0.1, 0.15) is 23.2 Å². The van der Waals surface area contributed by atoms with Gasteiger partial charge in [0.15, 0.2) is 11.7 Å². The standard InChI is InChI=1S/C18H23F3N4OS/c1-13(10-26-11-14-6-4-3-5-7-14)8-23-17(22-2)24-9-16-25-15(12-27-16)18(19,20)21/h3-7,12-13H,8-11H2,1-2H3,(H2,22,23,24). The lowest BCUT2D eigenvalue weighted by molar-refractivity contribution is -0.140. The lowest BCUT2D eigenvalue weighted by atomic mass is 10.2. The van der Waals surface area contributed by atoms with E-state index >= 15 is 0 Å². The van der Waals surface area contributed by atoms with Crippen LogP contribution in [0, 0.1) is 5.92 Å². The van der Waals surface area contributed by atoms with Gasteiger partial charge in [-0.15, -0.1) is 11.3 Å². The SMILES string of the molecule is CN=C(NCc1nc(C(F)(F)F)cs1)NCC(C)COCc1ccccc1. The highest BCUT2D eigenvalue weighted by Crippen LogP contribution is 2.29. The molecular weight excluding hydrogens is 377 g/mol. The molecule has 0 aliphatic carbocycles. The monoisotopic (exact) mass is 400 g/mol. The van der Waals surface area contributed by atoms with E-state index < -0.39 is 11.9 Å². The Labute approximate surface area is 160 Å². The van der Waals surface area contributed by atoms with E-state index in [1.54, 1.807) is 7.05 Å². The molecule has 0 fully saturated rings. The lowest BCUT2D eigenvalue weighted by Crippen LogP contribution is -2.39. The predicted octanol–water partition coefficient (Wildman–Crippen LogP) is 3.68. The topological polar surface area (TPSA) is 58.5 Å². The number of hydrogen-bond donors (Lipinski definition) is 2. The number of aromatic nitrogens is 1. The van der Waals surface area contributed by atoms with Crippen molar-refractivity contribution in [2.24, 2.45) is 10.9 Å². The molecule has 5 nitrogen and oxygen atoms in total. The van der Waals surface area contributed by atoms with Crippen LogP contribution < -0.4 is 10.6 Å². The third-order valence-corrected chi connectivity index (χ3v) is 4.45. The zero-order valence-corrected chi connectivity index (χ0v) is 16.0. The van der Waals surface area contributed by atoms with Crippen LogP contribution in [0.4, 0.5) is 13.2 Å². The van der Waals surface area contributed by atoms with Crippen LogP contribution >= 0.6 is 11.3 Å². The van der Waals surface area contributed by atoms with Crippen LogP contribution in [0.5, 0.6) is 0 Å². The van der Waals surface area contributed by atoms with Gasteiger partial charge >= 0.3 is 6.18 Å². The van der Waals surface area contributed by atoms with Crippen molar-refractivity contribution >= 4 is 17.3 Å². The van der Waals surface area contributed by atoms with Crippen molar-refractivity contribution in [3.05, 3.63) is 52.0 Å². The van der Waals surface area contributed by atoms with E-state index in [1.165, 1.54) is 0 Å². The molecule has 0 saturated heterocycles. The average Bonchev–Trinajstić information content (AvgIpc) is 3.12. The van der Waals surface area contributed by atoms with E-state index in [0.717, 1.165) is 22.3 Å². The maximum absolute atomic E-state index is 12.6. The smallest absolute Gasteiger partial charge is 0.376 e. The van der Waals surface area contributed by atoms with E-state index in [2.05, 4.69) is 20.6 Å². The third kappa shape index (κ3) is 7.56. The highest BCUT2D eigenvalue weighted by atomic mass is 32.1. The van der Waals surface area contributed by atoms with Crippen molar-refractivity contribution in [3.8, 4) is 0 Å². The number of benzene rings is 1. The molecule has 0 aliphatic heterocycles. The molecule has 27 heavy (non-hydrogen) atoms. The molecule has 1 atom stereocenters. The van der Waals surface area contributed by atoms with E-state index in [-0.39, 0.29) is 12.5 Å². The fraction of sp³-hybridized carbons (Fsp3) is 0.444. The average molecular weight is 400 g/mol. The molecule has 2 N–H and O–H groups in total. The van der Waals surface area contributed by atoms with Crippen LogP contribution in [0.15, 0.2) is 40.7 Å². The normalized spacial score (nSPS) is 13.4. The van der Waals surface area contributed by atoms with Crippen LogP contribution in [0.3, 0.4) is 0 Å². The van der Waals surface area contributed by atoms with Gasteiger partial charge in [-0.05, 0) is 11.5 Å². The van der Waals surface area contributed by atoms with Crippen LogP contribution in [0.2, 0.25) is 0 Å². The molecule has 0 saturated carbocycles. The van der Waals surface area contributed by atoms with E-state index in [1.807, 2.05) is 37.3 Å². The number of nitrogens with zero attached hydrogens (tertiary/aromatic N) is 2. The number of hydrogen-bond acceptors (Lipinski definition) is 4. The molecule has 0 amide bonds. The molecule has 0 bridgehead atoms. The van der Waals surface area contributed by atoms with Crippen molar-refractivity contribution in [2.45, 2.75) is 26.3 Å². The van der Waals surface area contributed by atoms with Crippen LogP contribution in [-0.4, -0.2) is 31.1 Å². The predicted molar refractivity (Wildman–Crippen MR) is 101 cm³/mol. The Morgan fingerprint density at radius 2 is 2.00 bits per heavy atom. The summed E-state index contributed by atoms with van der Waals surface area (Å²) in [6, 6.07) is 9.93. The van der Waals surface area contributed by atoms with Crippen molar-refractivity contribution in [1.29, 1.82) is 0 Å². The lowest BCUT2D eigenvalue weighted by Gasteiger charge is -2.16. The summed E-state index contributed by atoms with van der Waals surface area (Å²) in [6.45, 7) is 3.99. The molecule has 2 aromatic rings. The Balaban J connectivity index is 1.68. The summed E-state index contributed by atoms with van der Waals surface area (Å²) < 4.78 is 43.4. The van der Waals surface area contributed by atoms with Gasteiger partial charge in [0.1, 0.15) is 5.01 Å². The Morgan fingerprint density at radius 1 is 1.26 bits per heavy atom. The Hall–Kier alpha value is -2.13. The summed E-state index contributed by atoms with van der Waals surface area (Å²) in [7, 11) is 1.61. The second-order valence-corrected chi connectivity index (χ2v) is 6.98. The molecule has 1 heterocycles. The number of ether oxygens (including phenoxy) is 1. The van der Waals surface area contributed by atoms with Gasteiger partial charge in [0.25, 0.3) is 0 Å². The van der Waals surface area contributed by atoms with Gasteiger partial charge in [-0.3, -0.25) is 4.99 Å². The van der Waals surface area contributed by atoms with Crippen molar-refractivity contribution < 1.29 is 17.9 Å². The maximum Gasteiger partial charge on any atom is 0.434 e. The zero-order valence-electron chi connectivity index (χ0n) is 15.2. The van der Waals surface area contributed by atoms with Gasteiger partial charge < -0.3 is 15.4 Å². The quantitative estimate of drug-likeness (QED) is 0.524. The Morgan fingerprint density at radius 3 is 2.63 bits per heavy atom. The van der Waals surface area contributed by atoms with Crippen LogP contribution in [-0.2, 0) is 24.1 Å². The molecule has 9 heteroatoms. The first-order valence-corrected chi connectivity index (χ1v) is 9.34. The number of alkyl halides is 3. The number of nitrogens with one attached hydrogen (secondary N) is 2. The summed E-state index contributed by atoms with van der Waals surface area (Å²) in [6.07, 6.45) is -4.41. The van der Waals surface area contributed by atoms with Gasteiger partial charge in [0.2, 0.25) is 0 Å². The highest BCUT2D eigenvalue weighted by Gasteiger charge is 2.33. The number of guanidine groups is 1. The van der Waals surface area contributed by atoms with Gasteiger partial charge in [-0.25, -0.2) is 4.98 Å². The van der Waals surface area contributed by atoms with E-state index in [0.29, 0.717) is 30.7 Å².